The van der Waals surface area contributed by atoms with Gasteiger partial charge in [0, 0.05) is 32.2 Å². The van der Waals surface area contributed by atoms with Crippen molar-refractivity contribution in [1.82, 2.24) is 9.80 Å². The van der Waals surface area contributed by atoms with Gasteiger partial charge in [-0.15, -0.1) is 0 Å². The highest BCUT2D eigenvalue weighted by molar-refractivity contribution is 5.42. The second-order valence-corrected chi connectivity index (χ2v) is 6.11. The van der Waals surface area contributed by atoms with Gasteiger partial charge in [0.25, 0.3) is 0 Å². The Morgan fingerprint density at radius 2 is 1.90 bits per heavy atom. The lowest BCUT2D eigenvalue weighted by Gasteiger charge is -2.44. The van der Waals surface area contributed by atoms with Crippen LogP contribution in [0.25, 0.3) is 0 Å². The van der Waals surface area contributed by atoms with Crippen LogP contribution in [-0.2, 0) is 6.54 Å². The normalized spacial score (nSPS) is 23.6. The maximum Gasteiger partial charge on any atom is 0.161 e. The van der Waals surface area contributed by atoms with Crippen LogP contribution in [0.1, 0.15) is 24.8 Å². The molecule has 3 rings (SSSR count). The fourth-order valence-corrected chi connectivity index (χ4v) is 3.60. The highest BCUT2D eigenvalue weighted by atomic mass is 16.5. The summed E-state index contributed by atoms with van der Waals surface area (Å²) in [7, 11) is 3.38. The average molecular weight is 290 g/mol. The Morgan fingerprint density at radius 3 is 2.71 bits per heavy atom. The molecule has 2 saturated heterocycles. The predicted octanol–water partition coefficient (Wildman–Crippen LogP) is 2.37. The van der Waals surface area contributed by atoms with E-state index in [9.17, 15) is 0 Å². The summed E-state index contributed by atoms with van der Waals surface area (Å²) in [6.45, 7) is 5.90. The molecule has 0 amide bonds. The number of benzene rings is 1. The molecule has 1 unspecified atom stereocenters. The molecule has 0 spiro atoms. The van der Waals surface area contributed by atoms with Gasteiger partial charge in [0.05, 0.1) is 14.2 Å². The van der Waals surface area contributed by atoms with E-state index in [1.165, 1.54) is 51.0 Å². The molecule has 1 aromatic carbocycles. The van der Waals surface area contributed by atoms with Crippen LogP contribution in [-0.4, -0.2) is 56.2 Å². The Bertz CT molecular complexity index is 478. The Labute approximate surface area is 127 Å². The summed E-state index contributed by atoms with van der Waals surface area (Å²) < 4.78 is 10.7. The van der Waals surface area contributed by atoms with Crippen LogP contribution in [0.5, 0.6) is 11.5 Å². The minimum absolute atomic E-state index is 0.771. The van der Waals surface area contributed by atoms with E-state index in [4.69, 9.17) is 9.47 Å². The molecule has 1 aromatic rings. The molecule has 2 aliphatic heterocycles. The molecule has 4 nitrogen and oxygen atoms in total. The summed E-state index contributed by atoms with van der Waals surface area (Å²) in [6.07, 6.45) is 4.14. The number of piperidine rings is 1. The molecule has 2 fully saturated rings. The highest BCUT2D eigenvalue weighted by Gasteiger charge is 2.28. The van der Waals surface area contributed by atoms with Gasteiger partial charge in [-0.3, -0.25) is 9.80 Å². The highest BCUT2D eigenvalue weighted by Crippen LogP contribution is 2.29. The second-order valence-electron chi connectivity index (χ2n) is 6.11. The molecule has 0 radical (unpaired) electrons. The van der Waals surface area contributed by atoms with Crippen molar-refractivity contribution < 1.29 is 9.47 Å². The van der Waals surface area contributed by atoms with Crippen molar-refractivity contribution in [3.8, 4) is 11.5 Å². The third kappa shape index (κ3) is 3.33. The standard InChI is InChI=1S/C17H26N2O2/c1-20-16-7-6-14(11-17(16)21-2)12-18-9-10-19-8-4-3-5-15(19)13-18/h6-7,11,15H,3-5,8-10,12-13H2,1-2H3. The molecule has 4 heteroatoms. The summed E-state index contributed by atoms with van der Waals surface area (Å²) in [5, 5.41) is 0. The van der Waals surface area contributed by atoms with E-state index >= 15 is 0 Å². The molecule has 0 bridgehead atoms. The van der Waals surface area contributed by atoms with Crippen LogP contribution >= 0.6 is 0 Å². The zero-order chi connectivity index (χ0) is 14.7. The maximum absolute atomic E-state index is 5.40. The van der Waals surface area contributed by atoms with E-state index in [0.29, 0.717) is 0 Å². The molecule has 2 heterocycles. The van der Waals surface area contributed by atoms with E-state index in [2.05, 4.69) is 21.9 Å². The summed E-state index contributed by atoms with van der Waals surface area (Å²) in [6, 6.07) is 7.03. The van der Waals surface area contributed by atoms with Crippen LogP contribution in [0.2, 0.25) is 0 Å². The summed E-state index contributed by atoms with van der Waals surface area (Å²) in [5.41, 5.74) is 1.30. The van der Waals surface area contributed by atoms with Gasteiger partial charge in [-0.05, 0) is 37.1 Å². The van der Waals surface area contributed by atoms with Crippen molar-refractivity contribution in [2.75, 3.05) is 40.4 Å². The third-order valence-corrected chi connectivity index (χ3v) is 4.78. The monoisotopic (exact) mass is 290 g/mol. The van der Waals surface area contributed by atoms with E-state index in [0.717, 1.165) is 24.1 Å². The van der Waals surface area contributed by atoms with Gasteiger partial charge in [-0.1, -0.05) is 12.5 Å². The number of nitrogens with zero attached hydrogens (tertiary/aromatic N) is 2. The lowest BCUT2D eigenvalue weighted by atomic mass is 9.99. The first kappa shape index (κ1) is 14.7. The molecule has 116 valence electrons. The number of methoxy groups -OCH3 is 2. The molecular formula is C17H26N2O2. The number of rotatable bonds is 4. The minimum Gasteiger partial charge on any atom is -0.493 e. The van der Waals surface area contributed by atoms with Crippen LogP contribution < -0.4 is 9.47 Å². The first-order valence-electron chi connectivity index (χ1n) is 7.97. The van der Waals surface area contributed by atoms with Gasteiger partial charge >= 0.3 is 0 Å². The Kier molecular flexibility index (Phi) is 4.66. The molecule has 1 atom stereocenters. The van der Waals surface area contributed by atoms with Crippen LogP contribution in [0.4, 0.5) is 0 Å². The third-order valence-electron chi connectivity index (χ3n) is 4.78. The zero-order valence-corrected chi connectivity index (χ0v) is 13.2. The van der Waals surface area contributed by atoms with E-state index in [-0.39, 0.29) is 0 Å². The lowest BCUT2D eigenvalue weighted by molar-refractivity contribution is 0.0456. The number of piperazine rings is 1. The number of hydrogen-bond acceptors (Lipinski definition) is 4. The first-order chi connectivity index (χ1) is 10.3. The number of hydrogen-bond donors (Lipinski definition) is 0. The zero-order valence-electron chi connectivity index (χ0n) is 13.2. The SMILES string of the molecule is COc1ccc(CN2CCN3CCCCC3C2)cc1OC. The van der Waals surface area contributed by atoms with Gasteiger partial charge in [-0.25, -0.2) is 0 Å². The smallest absolute Gasteiger partial charge is 0.161 e. The number of fused-ring (bicyclic) bond motifs is 1. The fraction of sp³-hybridized carbons (Fsp3) is 0.647. The Balaban J connectivity index is 1.64. The fourth-order valence-electron chi connectivity index (χ4n) is 3.60. The average Bonchev–Trinajstić information content (AvgIpc) is 2.54. The van der Waals surface area contributed by atoms with E-state index < -0.39 is 0 Å². The second kappa shape index (κ2) is 6.67. The van der Waals surface area contributed by atoms with Crippen molar-refractivity contribution in [1.29, 1.82) is 0 Å². The van der Waals surface area contributed by atoms with Crippen molar-refractivity contribution in [3.63, 3.8) is 0 Å². The Morgan fingerprint density at radius 1 is 1.05 bits per heavy atom. The molecule has 21 heavy (non-hydrogen) atoms. The summed E-state index contributed by atoms with van der Waals surface area (Å²) in [4.78, 5) is 5.25. The van der Waals surface area contributed by atoms with Crippen molar-refractivity contribution in [3.05, 3.63) is 23.8 Å². The van der Waals surface area contributed by atoms with Gasteiger partial charge in [0.15, 0.2) is 11.5 Å². The summed E-state index contributed by atoms with van der Waals surface area (Å²) in [5.74, 6) is 1.63. The predicted molar refractivity (Wildman–Crippen MR) is 84.0 cm³/mol. The summed E-state index contributed by atoms with van der Waals surface area (Å²) >= 11 is 0. The van der Waals surface area contributed by atoms with Gasteiger partial charge in [0.2, 0.25) is 0 Å². The van der Waals surface area contributed by atoms with Crippen molar-refractivity contribution >= 4 is 0 Å². The van der Waals surface area contributed by atoms with Crippen LogP contribution in [0, 0.1) is 0 Å². The van der Waals surface area contributed by atoms with Gasteiger partial charge < -0.3 is 9.47 Å². The van der Waals surface area contributed by atoms with Gasteiger partial charge in [-0.2, -0.15) is 0 Å². The molecular weight excluding hydrogens is 264 g/mol. The molecule has 0 saturated carbocycles. The molecule has 2 aliphatic rings. The van der Waals surface area contributed by atoms with Crippen molar-refractivity contribution in [2.45, 2.75) is 31.8 Å². The number of ether oxygens (including phenoxy) is 2. The van der Waals surface area contributed by atoms with E-state index in [1.807, 2.05) is 6.07 Å². The minimum atomic E-state index is 0.771. The van der Waals surface area contributed by atoms with Crippen LogP contribution in [0.15, 0.2) is 18.2 Å². The van der Waals surface area contributed by atoms with Crippen LogP contribution in [0.3, 0.4) is 0 Å². The maximum atomic E-state index is 5.40. The lowest BCUT2D eigenvalue weighted by Crippen LogP contribution is -2.54. The first-order valence-corrected chi connectivity index (χ1v) is 7.97. The largest absolute Gasteiger partial charge is 0.493 e. The molecule has 0 aliphatic carbocycles. The van der Waals surface area contributed by atoms with E-state index in [1.54, 1.807) is 14.2 Å². The van der Waals surface area contributed by atoms with Gasteiger partial charge in [0.1, 0.15) is 0 Å². The molecule has 0 N–H and O–H groups in total. The van der Waals surface area contributed by atoms with Crippen molar-refractivity contribution in [2.24, 2.45) is 0 Å². The molecule has 0 aromatic heterocycles. The quantitative estimate of drug-likeness (QED) is 0.850. The topological polar surface area (TPSA) is 24.9 Å². The Hall–Kier alpha value is -1.26.